The Hall–Kier alpha value is -5.54. The Morgan fingerprint density at radius 2 is 1.02 bits per heavy atom. The van der Waals surface area contributed by atoms with Crippen molar-refractivity contribution >= 4 is 28.1 Å². The summed E-state index contributed by atoms with van der Waals surface area (Å²) in [6.45, 7) is 10.7. The van der Waals surface area contributed by atoms with Crippen molar-refractivity contribution < 1.29 is 88.0 Å². The molecule has 15 unspecified atom stereocenters. The molecule has 16 N–H and O–H groups in total. The highest BCUT2D eigenvalue weighted by atomic mass is 32.3. The third kappa shape index (κ3) is 44.0. The van der Waals surface area contributed by atoms with Crippen molar-refractivity contribution in [1.29, 1.82) is 0 Å². The number of carboxylic acids is 1. The van der Waals surface area contributed by atoms with E-state index in [1.54, 1.807) is 79.8 Å². The lowest BCUT2D eigenvalue weighted by Gasteiger charge is -2.25. The fourth-order valence-electron chi connectivity index (χ4n) is 8.05. The van der Waals surface area contributed by atoms with Crippen molar-refractivity contribution in [2.75, 3.05) is 6.54 Å². The highest BCUT2D eigenvalue weighted by molar-refractivity contribution is 7.80. The summed E-state index contributed by atoms with van der Waals surface area (Å²) < 4.78 is 37.3. The first-order valence-corrected chi connectivity index (χ1v) is 30.5. The molecule has 0 amide bonds. The van der Waals surface area contributed by atoms with Gasteiger partial charge in [0.1, 0.15) is 12.2 Å². The van der Waals surface area contributed by atoms with Gasteiger partial charge in [-0.05, 0) is 78.6 Å². The second kappa shape index (κ2) is 47.5. The number of guanidine groups is 1. The number of aliphatic carboxylic acids is 1. The average molecular weight is 1230 g/mol. The number of aliphatic hydroxyl groups is 11. The topological polar surface area (TPSA) is 391 Å². The number of aliphatic imine (C=N–C) groups is 1. The molecule has 86 heavy (non-hydrogen) atoms. The van der Waals surface area contributed by atoms with Crippen LogP contribution in [-0.2, 0) is 24.2 Å². The van der Waals surface area contributed by atoms with E-state index < -0.39 is 114 Å². The minimum atomic E-state index is -5.04. The molecule has 0 fully saturated rings. The van der Waals surface area contributed by atoms with E-state index >= 15 is 0 Å². The van der Waals surface area contributed by atoms with Crippen molar-refractivity contribution in [3.05, 3.63) is 157 Å². The van der Waals surface area contributed by atoms with E-state index in [1.807, 2.05) is 45.1 Å². The van der Waals surface area contributed by atoms with Crippen LogP contribution in [0.4, 0.5) is 0 Å². The van der Waals surface area contributed by atoms with Crippen LogP contribution in [0.1, 0.15) is 119 Å². The lowest BCUT2D eigenvalue weighted by Crippen LogP contribution is -2.37. The minimum absolute atomic E-state index is 0.0220. The van der Waals surface area contributed by atoms with E-state index in [-0.39, 0.29) is 62.5 Å². The van der Waals surface area contributed by atoms with Gasteiger partial charge in [0.05, 0.1) is 61.0 Å². The van der Waals surface area contributed by atoms with Gasteiger partial charge in [0.25, 0.3) is 0 Å². The number of carbonyl (C=O) groups excluding carboxylic acids is 1. The smallest absolute Gasteiger partial charge is 0.397 e. The van der Waals surface area contributed by atoms with Crippen LogP contribution in [0.2, 0.25) is 0 Å². The number of unbranched alkanes of at least 4 members (excludes halogenated alkanes) is 1. The van der Waals surface area contributed by atoms with Crippen molar-refractivity contribution in [2.24, 2.45) is 28.5 Å². The molecule has 0 saturated heterocycles. The number of Topliss-reactive ketones (excluding diaryl/α,β-unsaturated/α-hetero) is 1. The minimum Gasteiger partial charge on any atom is -0.478 e. The molecule has 21 nitrogen and oxygen atoms in total. The normalized spacial score (nSPS) is 19.2. The van der Waals surface area contributed by atoms with Crippen LogP contribution < -0.4 is 11.1 Å². The van der Waals surface area contributed by atoms with Crippen LogP contribution >= 0.6 is 0 Å². The number of hydrogen-bond donors (Lipinski definition) is 15. The maximum absolute atomic E-state index is 13.1. The maximum Gasteiger partial charge on any atom is 0.397 e. The first-order chi connectivity index (χ1) is 40.5. The number of ketones is 1. The molecule has 0 aromatic rings. The predicted molar refractivity (Wildman–Crippen MR) is 336 cm³/mol. The van der Waals surface area contributed by atoms with Crippen LogP contribution in [0, 0.1) is 17.8 Å². The lowest BCUT2D eigenvalue weighted by molar-refractivity contribution is -0.134. The van der Waals surface area contributed by atoms with Crippen molar-refractivity contribution in [3.8, 4) is 0 Å². The molecule has 22 heteroatoms. The summed E-state index contributed by atoms with van der Waals surface area (Å²) >= 11 is 0. The van der Waals surface area contributed by atoms with Crippen LogP contribution in [0.3, 0.4) is 0 Å². The fraction of sp³-hybridized carbons (Fsp3) is 0.547. The number of nitrogens with two attached hydrogens (primary N) is 1. The number of allylic oxidation sites excluding steroid dienone is 16. The summed E-state index contributed by atoms with van der Waals surface area (Å²) in [5.41, 5.74) is 6.00. The summed E-state index contributed by atoms with van der Waals surface area (Å²) in [5, 5.41) is 127. The van der Waals surface area contributed by atoms with E-state index in [1.165, 1.54) is 68.5 Å². The molecular formula is C64H101N3O18S. The van der Waals surface area contributed by atoms with E-state index in [0.29, 0.717) is 25.3 Å². The lowest BCUT2D eigenvalue weighted by atomic mass is 9.88. The van der Waals surface area contributed by atoms with Crippen LogP contribution in [0.15, 0.2) is 162 Å². The van der Waals surface area contributed by atoms with Gasteiger partial charge in [-0.25, -0.2) is 8.98 Å². The number of carboxylic acid groups (broad SMARTS) is 1. The van der Waals surface area contributed by atoms with E-state index in [9.17, 15) is 78.7 Å². The van der Waals surface area contributed by atoms with E-state index in [2.05, 4.69) is 10.3 Å². The molecule has 0 saturated carbocycles. The Morgan fingerprint density at radius 1 is 0.558 bits per heavy atom. The average Bonchev–Trinajstić information content (AvgIpc) is 3.43. The van der Waals surface area contributed by atoms with Gasteiger partial charge >= 0.3 is 16.4 Å². The van der Waals surface area contributed by atoms with Crippen LogP contribution in [0.25, 0.3) is 0 Å². The molecule has 0 aromatic heterocycles. The molecule has 0 aromatic carbocycles. The Kier molecular flexibility index (Phi) is 44.5. The molecule has 0 spiro atoms. The summed E-state index contributed by atoms with van der Waals surface area (Å²) in [4.78, 5) is 28.1. The first kappa shape index (κ1) is 80.5. The Labute approximate surface area is 509 Å². The highest BCUT2D eigenvalue weighted by Gasteiger charge is 2.32. The third-order valence-electron chi connectivity index (χ3n) is 13.0. The van der Waals surface area contributed by atoms with Crippen molar-refractivity contribution in [3.63, 3.8) is 0 Å². The summed E-state index contributed by atoms with van der Waals surface area (Å²) in [6, 6.07) is 0.160. The van der Waals surface area contributed by atoms with Gasteiger partial charge in [-0.2, -0.15) is 8.42 Å². The zero-order valence-corrected chi connectivity index (χ0v) is 51.5. The van der Waals surface area contributed by atoms with Crippen molar-refractivity contribution in [1.82, 2.24) is 5.32 Å². The standard InChI is InChI=1S/C64H101N3O18S/c1-45(2)67-64(65)66-39-27-36-55(73)41-52(70)31-24-30-50(68)40-51(69)32-25-33-53(71)42-57(75)43-54(72)34-26-35-56(74)44-59(77)62(79)49(6)60(85-86(82,83)84)38-23-19-15-10-8-7-9-14-18-22-37-58(76)48(5)61(78)46(3)28-20-16-12-11-13-17-21-29-47(4)63(80)81/h7-11,13-15,17-26,28-30,33,35,37-38,45-46,48-61,68-78H,12,16,27,31-32,34,36,39-44H2,1-6H3,(H,80,81)(H3,65,66,67)(H,82,83,84)/b9-7+,10-8+,13-11+,18-14+,19-15+,21-17+,28-20+,30-24+,33-25+,35-26+,37-22+,38-23-,47-29+. The number of aliphatic hydroxyl groups excluding tert-OH is 11. The molecule has 0 radical (unpaired) electrons. The molecule has 486 valence electrons. The van der Waals surface area contributed by atoms with E-state index in [4.69, 9.17) is 15.0 Å². The summed E-state index contributed by atoms with van der Waals surface area (Å²) in [7, 11) is -5.04. The van der Waals surface area contributed by atoms with Crippen LogP contribution in [-0.4, -0.2) is 178 Å². The molecule has 0 aliphatic rings. The van der Waals surface area contributed by atoms with Gasteiger partial charge in [0.2, 0.25) is 0 Å². The maximum atomic E-state index is 13.1. The largest absolute Gasteiger partial charge is 0.478 e. The first-order valence-electron chi connectivity index (χ1n) is 29.2. The van der Waals surface area contributed by atoms with Gasteiger partial charge in [0.15, 0.2) is 11.7 Å². The van der Waals surface area contributed by atoms with Crippen LogP contribution in [0.5, 0.6) is 0 Å². The van der Waals surface area contributed by atoms with Gasteiger partial charge < -0.3 is 72.3 Å². The molecular weight excluding hydrogens is 1130 g/mol. The molecule has 0 aliphatic carbocycles. The molecule has 0 heterocycles. The fourth-order valence-corrected chi connectivity index (χ4v) is 8.56. The Balaban J connectivity index is 4.87. The Morgan fingerprint density at radius 3 is 1.55 bits per heavy atom. The zero-order chi connectivity index (χ0) is 65.0. The number of nitrogens with zero attached hydrogens (tertiary/aromatic N) is 1. The van der Waals surface area contributed by atoms with Gasteiger partial charge in [-0.15, -0.1) is 0 Å². The number of rotatable bonds is 46. The molecule has 0 rings (SSSR count). The highest BCUT2D eigenvalue weighted by Crippen LogP contribution is 2.21. The summed E-state index contributed by atoms with van der Waals surface area (Å²) in [5.74, 6) is -3.47. The molecule has 0 aliphatic heterocycles. The number of nitrogens with one attached hydrogen (secondary N) is 1. The second-order valence-corrected chi connectivity index (χ2v) is 22.6. The quantitative estimate of drug-likeness (QED) is 0.00697. The second-order valence-electron chi connectivity index (χ2n) is 21.5. The van der Waals surface area contributed by atoms with Gasteiger partial charge in [-0.1, -0.05) is 173 Å². The third-order valence-corrected chi connectivity index (χ3v) is 13.5. The Bertz CT molecular complexity index is 2440. The zero-order valence-electron chi connectivity index (χ0n) is 50.7. The van der Waals surface area contributed by atoms with Gasteiger partial charge in [-0.3, -0.25) is 14.3 Å². The molecule has 15 atom stereocenters. The molecule has 0 bridgehead atoms. The van der Waals surface area contributed by atoms with Gasteiger partial charge in [0, 0.05) is 55.2 Å². The number of hydrogen-bond acceptors (Lipinski definition) is 17. The van der Waals surface area contributed by atoms with E-state index in [0.717, 1.165) is 12.8 Å². The summed E-state index contributed by atoms with van der Waals surface area (Å²) in [6.07, 6.45) is 29.0. The monoisotopic (exact) mass is 1230 g/mol. The number of carbonyl (C=O) groups is 2. The predicted octanol–water partition coefficient (Wildman–Crippen LogP) is 5.32. The van der Waals surface area contributed by atoms with Crippen molar-refractivity contribution in [2.45, 2.75) is 198 Å². The SMILES string of the molecule is C\C(=C/C=C/C=C/CC/C=C/C(C)C(O)C(C)C(O)/C=C/C=C/C=C/C=C/C=C/C=C\C(OS(=O)(=O)O)C(C)C(=O)C(O)CC(O)/C=C/CC(O)CC(O)CC(O)/C=C/CC(O)CC(O)/C=C/CC(O)CC(O)CCCN=C(N)NC(C)C)C(=O)O.